The van der Waals surface area contributed by atoms with E-state index in [0.717, 1.165) is 18.7 Å². The Morgan fingerprint density at radius 2 is 2.24 bits per heavy atom. The molecule has 0 saturated heterocycles. The Hall–Kier alpha value is -1.36. The fourth-order valence-electron chi connectivity index (χ4n) is 1.64. The molecule has 0 aliphatic heterocycles. The molecule has 0 aromatic carbocycles. The van der Waals surface area contributed by atoms with Crippen LogP contribution in [0, 0.1) is 0 Å². The van der Waals surface area contributed by atoms with Crippen molar-refractivity contribution in [1.29, 1.82) is 0 Å². The summed E-state index contributed by atoms with van der Waals surface area (Å²) in [7, 11) is 0. The van der Waals surface area contributed by atoms with Gasteiger partial charge in [0.1, 0.15) is 5.82 Å². The first kappa shape index (κ1) is 13.7. The largest absolute Gasteiger partial charge is 0.354 e. The van der Waals surface area contributed by atoms with Crippen molar-refractivity contribution >= 4 is 5.91 Å². The van der Waals surface area contributed by atoms with Gasteiger partial charge in [0.25, 0.3) is 0 Å². The Balaban J connectivity index is 2.24. The molecule has 96 valence electrons. The minimum absolute atomic E-state index is 0.0538. The Morgan fingerprint density at radius 3 is 2.76 bits per heavy atom. The number of imidazole rings is 1. The van der Waals surface area contributed by atoms with Crippen molar-refractivity contribution in [3.8, 4) is 0 Å². The van der Waals surface area contributed by atoms with Gasteiger partial charge in [0.2, 0.25) is 5.91 Å². The minimum Gasteiger partial charge on any atom is -0.354 e. The van der Waals surface area contributed by atoms with Crippen LogP contribution in [0.25, 0.3) is 0 Å². The van der Waals surface area contributed by atoms with Gasteiger partial charge in [-0.25, -0.2) is 4.98 Å². The van der Waals surface area contributed by atoms with Crippen LogP contribution in [0.1, 0.15) is 38.9 Å². The molecule has 0 atom stereocenters. The lowest BCUT2D eigenvalue weighted by Gasteiger charge is -2.25. The first-order valence-electron chi connectivity index (χ1n) is 6.18. The van der Waals surface area contributed by atoms with Gasteiger partial charge in [0, 0.05) is 25.4 Å². The summed E-state index contributed by atoms with van der Waals surface area (Å²) < 4.78 is 0. The summed E-state index contributed by atoms with van der Waals surface area (Å²) >= 11 is 0. The van der Waals surface area contributed by atoms with E-state index in [4.69, 9.17) is 5.73 Å². The molecule has 4 N–H and O–H groups in total. The van der Waals surface area contributed by atoms with E-state index >= 15 is 0 Å². The van der Waals surface area contributed by atoms with Crippen LogP contribution >= 0.6 is 0 Å². The number of amides is 1. The molecule has 5 heteroatoms. The number of nitrogens with one attached hydrogen (secondary N) is 2. The fourth-order valence-corrected chi connectivity index (χ4v) is 1.64. The normalized spacial score (nSPS) is 11.5. The maximum atomic E-state index is 11.8. The highest BCUT2D eigenvalue weighted by Gasteiger charge is 2.29. The molecule has 0 aliphatic carbocycles. The van der Waals surface area contributed by atoms with Crippen LogP contribution in [0.4, 0.5) is 0 Å². The third-order valence-electron chi connectivity index (χ3n) is 3.14. The first-order valence-corrected chi connectivity index (χ1v) is 6.18. The molecule has 0 saturated carbocycles. The van der Waals surface area contributed by atoms with Gasteiger partial charge in [-0.1, -0.05) is 13.8 Å². The molecule has 1 aromatic heterocycles. The molecule has 5 nitrogen and oxygen atoms in total. The zero-order chi connectivity index (χ0) is 12.7. The lowest BCUT2D eigenvalue weighted by Crippen LogP contribution is -2.53. The summed E-state index contributed by atoms with van der Waals surface area (Å²) in [6.07, 6.45) is 6.55. The number of hydrogen-bond donors (Lipinski definition) is 3. The monoisotopic (exact) mass is 238 g/mol. The van der Waals surface area contributed by atoms with Gasteiger partial charge in [0.15, 0.2) is 0 Å². The van der Waals surface area contributed by atoms with Crippen LogP contribution in [0.5, 0.6) is 0 Å². The SMILES string of the molecule is CCC(N)(CC)C(=O)NCCCc1ncc[nH]1. The summed E-state index contributed by atoms with van der Waals surface area (Å²) in [6.45, 7) is 4.51. The molecule has 0 fully saturated rings. The van der Waals surface area contributed by atoms with E-state index in [1.807, 2.05) is 13.8 Å². The third kappa shape index (κ3) is 3.85. The number of aryl methyl sites for hydroxylation is 1. The van der Waals surface area contributed by atoms with Gasteiger partial charge in [-0.05, 0) is 19.3 Å². The molecule has 1 amide bonds. The first-order chi connectivity index (χ1) is 8.12. The Bertz CT molecular complexity index is 330. The molecule has 0 radical (unpaired) electrons. The predicted molar refractivity (Wildman–Crippen MR) is 67.4 cm³/mol. The highest BCUT2D eigenvalue weighted by Crippen LogP contribution is 2.10. The molecule has 1 rings (SSSR count). The van der Waals surface area contributed by atoms with Crippen molar-refractivity contribution in [3.63, 3.8) is 0 Å². The lowest BCUT2D eigenvalue weighted by atomic mass is 9.93. The van der Waals surface area contributed by atoms with Crippen LogP contribution < -0.4 is 11.1 Å². The van der Waals surface area contributed by atoms with Crippen molar-refractivity contribution in [3.05, 3.63) is 18.2 Å². The molecule has 0 bridgehead atoms. The number of aromatic nitrogens is 2. The van der Waals surface area contributed by atoms with Crippen LogP contribution in [-0.4, -0.2) is 28.0 Å². The average Bonchev–Trinajstić information content (AvgIpc) is 2.86. The predicted octanol–water partition coefficient (Wildman–Crippen LogP) is 0.976. The van der Waals surface area contributed by atoms with Crippen LogP contribution in [0.15, 0.2) is 12.4 Å². The summed E-state index contributed by atoms with van der Waals surface area (Å²) in [4.78, 5) is 19.0. The number of hydrogen-bond acceptors (Lipinski definition) is 3. The zero-order valence-electron chi connectivity index (χ0n) is 10.6. The number of H-pyrrole nitrogens is 1. The second kappa shape index (κ2) is 6.39. The fraction of sp³-hybridized carbons (Fsp3) is 0.667. The molecule has 0 unspecified atom stereocenters. The van der Waals surface area contributed by atoms with E-state index in [1.165, 1.54) is 0 Å². The second-order valence-electron chi connectivity index (χ2n) is 4.26. The Morgan fingerprint density at radius 1 is 1.53 bits per heavy atom. The molecule has 1 aromatic rings. The van der Waals surface area contributed by atoms with E-state index in [0.29, 0.717) is 19.4 Å². The number of carbonyl (C=O) groups excluding carboxylic acids is 1. The number of aromatic amines is 1. The molecular formula is C12H22N4O. The van der Waals surface area contributed by atoms with Gasteiger partial charge < -0.3 is 16.0 Å². The third-order valence-corrected chi connectivity index (χ3v) is 3.14. The van der Waals surface area contributed by atoms with E-state index < -0.39 is 5.54 Å². The van der Waals surface area contributed by atoms with E-state index in [9.17, 15) is 4.79 Å². The molecule has 1 heterocycles. The number of rotatable bonds is 7. The van der Waals surface area contributed by atoms with E-state index in [1.54, 1.807) is 12.4 Å². The summed E-state index contributed by atoms with van der Waals surface area (Å²) in [5.41, 5.74) is 5.27. The lowest BCUT2D eigenvalue weighted by molar-refractivity contribution is -0.126. The quantitative estimate of drug-likeness (QED) is 0.619. The molecule has 0 aliphatic rings. The van der Waals surface area contributed by atoms with Crippen molar-refractivity contribution in [2.24, 2.45) is 5.73 Å². The summed E-state index contributed by atoms with van der Waals surface area (Å²) in [6, 6.07) is 0. The Labute approximate surface area is 102 Å². The van der Waals surface area contributed by atoms with Gasteiger partial charge in [-0.15, -0.1) is 0 Å². The topological polar surface area (TPSA) is 83.8 Å². The molecule has 0 spiro atoms. The van der Waals surface area contributed by atoms with Gasteiger partial charge in [-0.3, -0.25) is 4.79 Å². The molecular weight excluding hydrogens is 216 g/mol. The number of nitrogens with zero attached hydrogens (tertiary/aromatic N) is 1. The van der Waals surface area contributed by atoms with E-state index in [-0.39, 0.29) is 5.91 Å². The zero-order valence-corrected chi connectivity index (χ0v) is 10.6. The second-order valence-corrected chi connectivity index (χ2v) is 4.26. The van der Waals surface area contributed by atoms with Crippen LogP contribution in [0.3, 0.4) is 0 Å². The summed E-state index contributed by atoms with van der Waals surface area (Å²) in [5, 5.41) is 2.88. The van der Waals surface area contributed by atoms with Gasteiger partial charge in [-0.2, -0.15) is 0 Å². The minimum atomic E-state index is -0.718. The Kier molecular flexibility index (Phi) is 5.15. The van der Waals surface area contributed by atoms with Gasteiger partial charge >= 0.3 is 0 Å². The number of nitrogens with two attached hydrogens (primary N) is 1. The van der Waals surface area contributed by atoms with Crippen molar-refractivity contribution in [2.75, 3.05) is 6.54 Å². The van der Waals surface area contributed by atoms with Gasteiger partial charge in [0.05, 0.1) is 5.54 Å². The van der Waals surface area contributed by atoms with Crippen LogP contribution in [-0.2, 0) is 11.2 Å². The maximum Gasteiger partial charge on any atom is 0.240 e. The average molecular weight is 238 g/mol. The smallest absolute Gasteiger partial charge is 0.240 e. The van der Waals surface area contributed by atoms with Crippen LogP contribution in [0.2, 0.25) is 0 Å². The van der Waals surface area contributed by atoms with Crippen molar-refractivity contribution < 1.29 is 4.79 Å². The van der Waals surface area contributed by atoms with Crippen molar-refractivity contribution in [1.82, 2.24) is 15.3 Å². The van der Waals surface area contributed by atoms with Crippen molar-refractivity contribution in [2.45, 2.75) is 45.1 Å². The molecule has 17 heavy (non-hydrogen) atoms. The highest BCUT2D eigenvalue weighted by molar-refractivity contribution is 5.85. The highest BCUT2D eigenvalue weighted by atomic mass is 16.2. The standard InChI is InChI=1S/C12H22N4O/c1-3-12(13,4-2)11(17)16-7-5-6-10-14-8-9-15-10/h8-9H,3-7,13H2,1-2H3,(H,14,15)(H,16,17). The van der Waals surface area contributed by atoms with E-state index in [2.05, 4.69) is 15.3 Å². The maximum absolute atomic E-state index is 11.8. The summed E-state index contributed by atoms with van der Waals surface area (Å²) in [5.74, 6) is 0.895. The number of carbonyl (C=O) groups is 1.